The Morgan fingerprint density at radius 3 is 2.07 bits per heavy atom. The van der Waals surface area contributed by atoms with Crippen LogP contribution in [0.5, 0.6) is 0 Å². The molecule has 0 N–H and O–H groups in total. The molecule has 0 heterocycles. The van der Waals surface area contributed by atoms with Crippen LogP contribution in [0.4, 0.5) is 12.9 Å². The van der Waals surface area contributed by atoms with Crippen molar-refractivity contribution in [2.75, 3.05) is 0 Å². The van der Waals surface area contributed by atoms with E-state index in [1.54, 1.807) is 30.3 Å². The second-order valence-corrected chi connectivity index (χ2v) is 2.84. The summed E-state index contributed by atoms with van der Waals surface area (Å²) in [5.41, 5.74) is 0.870. The van der Waals surface area contributed by atoms with Gasteiger partial charge in [0.05, 0.1) is 0 Å². The zero-order valence-corrected chi connectivity index (χ0v) is 11.3. The second kappa shape index (κ2) is 6.13. The van der Waals surface area contributed by atoms with Crippen molar-refractivity contribution in [3.8, 4) is 0 Å². The fourth-order valence-corrected chi connectivity index (χ4v) is 1.08. The van der Waals surface area contributed by atoms with Crippen molar-refractivity contribution in [3.63, 3.8) is 0 Å². The minimum absolute atomic E-state index is 0. The third-order valence-electron chi connectivity index (χ3n) is 1.67. The maximum Gasteiger partial charge on any atom is 1.00 e. The minimum atomic E-state index is -4.83. The molecule has 1 aromatic rings. The van der Waals surface area contributed by atoms with Gasteiger partial charge in [-0.2, -0.15) is 0 Å². The molecule has 0 fully saturated rings. The molecule has 0 aromatic heterocycles. The first-order valence-electron chi connectivity index (χ1n) is 3.94. The fourth-order valence-electron chi connectivity index (χ4n) is 1.08. The van der Waals surface area contributed by atoms with Crippen LogP contribution < -0.4 is 51.4 Å². The molecule has 0 unspecified atom stereocenters. The van der Waals surface area contributed by atoms with Crippen LogP contribution in [0.1, 0.15) is 12.5 Å². The normalized spacial score (nSPS) is 12.1. The van der Waals surface area contributed by atoms with Gasteiger partial charge in [-0.05, 0) is 12.5 Å². The molecule has 0 nitrogen and oxygen atoms in total. The summed E-state index contributed by atoms with van der Waals surface area (Å²) in [7, 11) is 0. The smallest absolute Gasteiger partial charge is 0.445 e. The van der Waals surface area contributed by atoms with Crippen LogP contribution in [-0.2, 0) is 0 Å². The van der Waals surface area contributed by atoms with E-state index in [-0.39, 0.29) is 57.0 Å². The molecule has 5 heteroatoms. The third kappa shape index (κ3) is 5.36. The van der Waals surface area contributed by atoms with E-state index < -0.39 is 6.98 Å². The maximum atomic E-state index is 12.0. The Hall–Kier alpha value is 0.451. The van der Waals surface area contributed by atoms with Crippen molar-refractivity contribution in [2.24, 2.45) is 0 Å². The van der Waals surface area contributed by atoms with Crippen molar-refractivity contribution in [3.05, 3.63) is 41.9 Å². The average Bonchev–Trinajstić information content (AvgIpc) is 2.03. The summed E-state index contributed by atoms with van der Waals surface area (Å²) in [5, 5.41) is 0. The molecule has 0 spiro atoms. The van der Waals surface area contributed by atoms with E-state index >= 15 is 0 Å². The topological polar surface area (TPSA) is 0 Å². The first-order chi connectivity index (χ1) is 5.99. The van der Waals surface area contributed by atoms with Gasteiger partial charge in [-0.1, -0.05) is 35.9 Å². The van der Waals surface area contributed by atoms with Gasteiger partial charge < -0.3 is 12.9 Å². The molecule has 0 aliphatic carbocycles. The average molecular weight is 224 g/mol. The zero-order chi connectivity index (χ0) is 9.90. The summed E-state index contributed by atoms with van der Waals surface area (Å²) in [6.45, 7) is -3.37. The van der Waals surface area contributed by atoms with Crippen molar-refractivity contribution >= 4 is 12.6 Å². The molecule has 0 saturated heterocycles. The summed E-state index contributed by atoms with van der Waals surface area (Å²) in [6.07, 6.45) is 0. The van der Waals surface area contributed by atoms with E-state index in [0.717, 1.165) is 0 Å². The predicted molar refractivity (Wildman–Crippen MR) is 49.2 cm³/mol. The fraction of sp³-hybridized carbons (Fsp3) is 0.111. The van der Waals surface area contributed by atoms with Crippen molar-refractivity contribution in [2.45, 2.75) is 6.92 Å². The number of benzene rings is 1. The minimum Gasteiger partial charge on any atom is -0.445 e. The molecule has 0 aliphatic heterocycles. The van der Waals surface area contributed by atoms with Gasteiger partial charge in [0, 0.05) is 0 Å². The molecule has 1 rings (SSSR count). The van der Waals surface area contributed by atoms with Crippen LogP contribution in [0.2, 0.25) is 0 Å². The summed E-state index contributed by atoms with van der Waals surface area (Å²) < 4.78 is 35.9. The first kappa shape index (κ1) is 14.5. The van der Waals surface area contributed by atoms with Crippen LogP contribution in [-0.4, -0.2) is 6.98 Å². The van der Waals surface area contributed by atoms with E-state index in [9.17, 15) is 12.9 Å². The van der Waals surface area contributed by atoms with E-state index in [0.29, 0.717) is 11.5 Å². The van der Waals surface area contributed by atoms with Crippen LogP contribution in [0, 0.1) is 0 Å². The van der Waals surface area contributed by atoms with Crippen LogP contribution in [0.15, 0.2) is 36.3 Å². The van der Waals surface area contributed by atoms with Crippen molar-refractivity contribution in [1.29, 1.82) is 0 Å². The molecule has 0 aliphatic rings. The molecule has 0 amide bonds. The van der Waals surface area contributed by atoms with Crippen LogP contribution in [0.3, 0.4) is 0 Å². The Morgan fingerprint density at radius 2 is 1.64 bits per heavy atom. The summed E-state index contributed by atoms with van der Waals surface area (Å²) in [5.74, 6) is 0.370. The molecule has 70 valence electrons. The molecular formula is C9H9BF3K. The van der Waals surface area contributed by atoms with Gasteiger partial charge in [0.15, 0.2) is 0 Å². The largest absolute Gasteiger partial charge is 1.00 e. The predicted octanol–water partition coefficient (Wildman–Crippen LogP) is 0.481. The zero-order valence-electron chi connectivity index (χ0n) is 8.18. The van der Waals surface area contributed by atoms with Crippen LogP contribution >= 0.6 is 0 Å². The standard InChI is InChI=1S/C9H9BF3.K/c1-8(7-10(11,12)13)9-5-3-2-4-6-9;/h2-7H,1H3;/q-1;+1/b8-7+;. The van der Waals surface area contributed by atoms with Gasteiger partial charge >= 0.3 is 58.4 Å². The molecule has 14 heavy (non-hydrogen) atoms. The summed E-state index contributed by atoms with van der Waals surface area (Å²) in [6, 6.07) is 8.53. The second-order valence-electron chi connectivity index (χ2n) is 2.84. The van der Waals surface area contributed by atoms with Crippen molar-refractivity contribution < 1.29 is 64.3 Å². The number of hydrogen-bond donors (Lipinski definition) is 0. The molecule has 0 saturated carbocycles. The third-order valence-corrected chi connectivity index (χ3v) is 1.67. The van der Waals surface area contributed by atoms with E-state index in [1.165, 1.54) is 6.92 Å². The molecule has 0 radical (unpaired) electrons. The van der Waals surface area contributed by atoms with Crippen molar-refractivity contribution in [1.82, 2.24) is 0 Å². The Bertz CT molecular complexity index is 306. The Labute approximate surface area is 124 Å². The van der Waals surface area contributed by atoms with Gasteiger partial charge in [0.25, 0.3) is 0 Å². The number of allylic oxidation sites excluding steroid dienone is 1. The van der Waals surface area contributed by atoms with E-state index in [2.05, 4.69) is 0 Å². The Kier molecular flexibility index (Phi) is 6.32. The van der Waals surface area contributed by atoms with Gasteiger partial charge in [0.2, 0.25) is 0 Å². The maximum absolute atomic E-state index is 12.0. The molecule has 0 atom stereocenters. The quantitative estimate of drug-likeness (QED) is 0.641. The SMILES string of the molecule is C/C(=C\[B-](F)(F)F)c1ccccc1.[K+]. The van der Waals surface area contributed by atoms with Gasteiger partial charge in [0.1, 0.15) is 0 Å². The van der Waals surface area contributed by atoms with E-state index in [4.69, 9.17) is 0 Å². The molecule has 0 bridgehead atoms. The van der Waals surface area contributed by atoms with Gasteiger partial charge in [-0.15, -0.1) is 5.98 Å². The van der Waals surface area contributed by atoms with Gasteiger partial charge in [-0.3, -0.25) is 0 Å². The number of hydrogen-bond acceptors (Lipinski definition) is 0. The van der Waals surface area contributed by atoms with E-state index in [1.807, 2.05) is 0 Å². The number of halogens is 3. The summed E-state index contributed by atoms with van der Waals surface area (Å²) in [4.78, 5) is 0. The monoisotopic (exact) mass is 224 g/mol. The Morgan fingerprint density at radius 1 is 1.14 bits per heavy atom. The van der Waals surface area contributed by atoms with Crippen LogP contribution in [0.25, 0.3) is 5.57 Å². The van der Waals surface area contributed by atoms with Gasteiger partial charge in [-0.25, -0.2) is 0 Å². The Balaban J connectivity index is 0.00000169. The molecular weight excluding hydrogens is 215 g/mol. The first-order valence-corrected chi connectivity index (χ1v) is 3.94. The summed E-state index contributed by atoms with van der Waals surface area (Å²) >= 11 is 0. The molecule has 1 aromatic carbocycles. The number of rotatable bonds is 2.